The number of carboxylic acid groups (broad SMARTS) is 1. The molecule has 2 heterocycles. The van der Waals surface area contributed by atoms with Crippen LogP contribution in [0.2, 0.25) is 5.02 Å². The predicted molar refractivity (Wildman–Crippen MR) is 140 cm³/mol. The van der Waals surface area contributed by atoms with Gasteiger partial charge in [0.25, 0.3) is 0 Å². The molecule has 3 N–H and O–H groups in total. The molecule has 3 aromatic rings. The van der Waals surface area contributed by atoms with Gasteiger partial charge in [0, 0.05) is 54.6 Å². The summed E-state index contributed by atoms with van der Waals surface area (Å²) in [4.78, 5) is 32.0. The Morgan fingerprint density at radius 3 is 2.82 bits per heavy atom. The minimum atomic E-state index is -2.94. The number of fused-ring (bicyclic) bond motifs is 1. The average Bonchev–Trinajstić information content (AvgIpc) is 3.55. The second-order valence-electron chi connectivity index (χ2n) is 9.27. The number of halogens is 3. The van der Waals surface area contributed by atoms with Gasteiger partial charge in [-0.25, -0.2) is 14.8 Å². The second-order valence-corrected chi connectivity index (χ2v) is 9.67. The number of aliphatic imine (C=N–C) groups is 1. The Hall–Kier alpha value is -3.86. The molecule has 4 rings (SSSR count). The van der Waals surface area contributed by atoms with Gasteiger partial charge in [-0.2, -0.15) is 13.9 Å². The number of alkyl halides is 2. The normalized spacial score (nSPS) is 18.3. The molecule has 2 aromatic heterocycles. The highest BCUT2D eigenvalue weighted by molar-refractivity contribution is 6.31. The van der Waals surface area contributed by atoms with E-state index in [9.17, 15) is 23.5 Å². The first-order chi connectivity index (χ1) is 18.2. The summed E-state index contributed by atoms with van der Waals surface area (Å²) in [5.74, 6) is -0.828. The highest BCUT2D eigenvalue weighted by atomic mass is 35.5. The lowest BCUT2D eigenvalue weighted by Crippen LogP contribution is -2.41. The molecular formula is C26H27ClF2N6O3. The molecular weight excluding hydrogens is 518 g/mol. The number of nitrogens with two attached hydrogens (primary N) is 1. The number of hydrogen-bond acceptors (Lipinski definition) is 6. The van der Waals surface area contributed by atoms with Crippen molar-refractivity contribution in [1.29, 1.82) is 0 Å². The van der Waals surface area contributed by atoms with E-state index in [0.717, 1.165) is 45.8 Å². The molecule has 0 aliphatic heterocycles. The molecule has 1 fully saturated rings. The largest absolute Gasteiger partial charge is 0.480 e. The summed E-state index contributed by atoms with van der Waals surface area (Å²) >= 11 is 6.64. The van der Waals surface area contributed by atoms with Crippen LogP contribution in [0.15, 0.2) is 53.4 Å². The molecule has 0 bridgehead atoms. The maximum absolute atomic E-state index is 12.4. The lowest BCUT2D eigenvalue weighted by molar-refractivity contribution is -0.146. The zero-order valence-electron chi connectivity index (χ0n) is 20.5. The summed E-state index contributed by atoms with van der Waals surface area (Å²) in [6, 6.07) is 6.66. The SMILES string of the molecule is Cn1cc2cc(-c3ccc(C4CC4CCN(C=O)C(CC(=C/N)/C=N/C(F)F)C(=O)O)c(Cl)c3)cnc2n1. The van der Waals surface area contributed by atoms with Crippen molar-refractivity contribution in [3.8, 4) is 11.1 Å². The predicted octanol–water partition coefficient (Wildman–Crippen LogP) is 4.22. The molecule has 200 valence electrons. The number of carbonyl (C=O) groups excluding carboxylic acids is 1. The number of rotatable bonds is 12. The number of aromatic nitrogens is 3. The highest BCUT2D eigenvalue weighted by Gasteiger charge is 2.40. The van der Waals surface area contributed by atoms with E-state index in [-0.39, 0.29) is 30.4 Å². The lowest BCUT2D eigenvalue weighted by atomic mass is 10.0. The quantitative estimate of drug-likeness (QED) is 0.200. The number of nitrogens with zero attached hydrogens (tertiary/aromatic N) is 5. The van der Waals surface area contributed by atoms with Gasteiger partial charge < -0.3 is 15.7 Å². The molecule has 1 aromatic carbocycles. The van der Waals surface area contributed by atoms with Gasteiger partial charge >= 0.3 is 12.5 Å². The summed E-state index contributed by atoms with van der Waals surface area (Å²) in [6.45, 7) is -2.75. The van der Waals surface area contributed by atoms with Crippen molar-refractivity contribution in [3.63, 3.8) is 0 Å². The van der Waals surface area contributed by atoms with Crippen LogP contribution in [0.1, 0.15) is 30.7 Å². The molecule has 38 heavy (non-hydrogen) atoms. The molecule has 0 saturated heterocycles. The van der Waals surface area contributed by atoms with Gasteiger partial charge in [-0.3, -0.25) is 9.48 Å². The van der Waals surface area contributed by atoms with Crippen molar-refractivity contribution in [2.45, 2.75) is 37.8 Å². The van der Waals surface area contributed by atoms with E-state index in [1.165, 1.54) is 0 Å². The number of aryl methyl sites for hydroxylation is 1. The van der Waals surface area contributed by atoms with Crippen LogP contribution >= 0.6 is 11.6 Å². The fourth-order valence-corrected chi connectivity index (χ4v) is 4.95. The molecule has 3 unspecified atom stereocenters. The Bertz CT molecular complexity index is 1390. The maximum Gasteiger partial charge on any atom is 0.331 e. The van der Waals surface area contributed by atoms with E-state index >= 15 is 0 Å². The van der Waals surface area contributed by atoms with Crippen LogP contribution in [-0.4, -0.2) is 62.5 Å². The smallest absolute Gasteiger partial charge is 0.331 e. The molecule has 3 atom stereocenters. The van der Waals surface area contributed by atoms with Gasteiger partial charge in [0.2, 0.25) is 6.41 Å². The number of amides is 1. The number of benzene rings is 1. The molecule has 12 heteroatoms. The Kier molecular flexibility index (Phi) is 8.35. The summed E-state index contributed by atoms with van der Waals surface area (Å²) in [5, 5.41) is 15.5. The average molecular weight is 545 g/mol. The first-order valence-electron chi connectivity index (χ1n) is 11.9. The van der Waals surface area contributed by atoms with Crippen LogP contribution in [0.4, 0.5) is 8.78 Å². The van der Waals surface area contributed by atoms with E-state index < -0.39 is 18.6 Å². The van der Waals surface area contributed by atoms with Gasteiger partial charge in [-0.1, -0.05) is 23.7 Å². The van der Waals surface area contributed by atoms with Crippen molar-refractivity contribution in [2.75, 3.05) is 6.54 Å². The molecule has 0 spiro atoms. The summed E-state index contributed by atoms with van der Waals surface area (Å²) in [6.07, 6.45) is 7.17. The van der Waals surface area contributed by atoms with Gasteiger partial charge in [-0.05, 0) is 59.7 Å². The molecule has 9 nitrogen and oxygen atoms in total. The van der Waals surface area contributed by atoms with E-state index in [2.05, 4.69) is 15.1 Å². The van der Waals surface area contributed by atoms with Gasteiger partial charge in [0.15, 0.2) is 5.65 Å². The van der Waals surface area contributed by atoms with Crippen LogP contribution < -0.4 is 5.73 Å². The molecule has 1 amide bonds. The third kappa shape index (κ3) is 6.34. The second kappa shape index (κ2) is 11.7. The molecule has 1 saturated carbocycles. The van der Waals surface area contributed by atoms with E-state index in [0.29, 0.717) is 23.5 Å². The standard InChI is InChI=1S/C26H27ClF2N6O3/c1-34-13-19-7-18(12-31-24(19)33-34)16-2-3-20(22(27)9-16)21-8-17(21)4-5-35(14-36)23(25(37)38)6-15(10-30)11-32-26(28)29/h2-3,7,9-14,17,21,23,26H,4-6,8,30H2,1H3,(H,37,38)/b15-10-,32-11+. The summed E-state index contributed by atoms with van der Waals surface area (Å²) in [5.41, 5.74) is 9.06. The van der Waals surface area contributed by atoms with E-state index in [1.807, 2.05) is 37.5 Å². The zero-order chi connectivity index (χ0) is 27.4. The topological polar surface area (TPSA) is 127 Å². The fraction of sp³-hybridized carbons (Fsp3) is 0.346. The van der Waals surface area contributed by atoms with Gasteiger partial charge in [0.05, 0.1) is 0 Å². The maximum atomic E-state index is 12.4. The van der Waals surface area contributed by atoms with Gasteiger partial charge in [0.1, 0.15) is 6.04 Å². The van der Waals surface area contributed by atoms with Crippen molar-refractivity contribution in [2.24, 2.45) is 23.7 Å². The number of carboxylic acids is 1. The van der Waals surface area contributed by atoms with Crippen LogP contribution in [0.25, 0.3) is 22.2 Å². The molecule has 1 aliphatic rings. The van der Waals surface area contributed by atoms with Crippen LogP contribution in [0.5, 0.6) is 0 Å². The van der Waals surface area contributed by atoms with Crippen molar-refractivity contribution in [3.05, 3.63) is 59.0 Å². The van der Waals surface area contributed by atoms with Crippen LogP contribution in [0, 0.1) is 5.92 Å². The third-order valence-electron chi connectivity index (χ3n) is 6.70. The van der Waals surface area contributed by atoms with Crippen molar-refractivity contribution < 1.29 is 23.5 Å². The van der Waals surface area contributed by atoms with Crippen LogP contribution in [-0.2, 0) is 16.6 Å². The fourth-order valence-electron chi connectivity index (χ4n) is 4.63. The first-order valence-corrected chi connectivity index (χ1v) is 12.3. The monoisotopic (exact) mass is 544 g/mol. The Labute approximate surface area is 222 Å². The number of hydrogen-bond donors (Lipinski definition) is 2. The Balaban J connectivity index is 1.39. The summed E-state index contributed by atoms with van der Waals surface area (Å²) in [7, 11) is 1.84. The van der Waals surface area contributed by atoms with Gasteiger partial charge in [-0.15, -0.1) is 0 Å². The molecule has 0 radical (unpaired) electrons. The Morgan fingerprint density at radius 2 is 2.16 bits per heavy atom. The number of carbonyl (C=O) groups is 2. The Morgan fingerprint density at radius 1 is 1.37 bits per heavy atom. The highest BCUT2D eigenvalue weighted by Crippen LogP contribution is 2.52. The van der Waals surface area contributed by atoms with Crippen LogP contribution in [0.3, 0.4) is 0 Å². The van der Waals surface area contributed by atoms with Crippen molar-refractivity contribution in [1.82, 2.24) is 19.7 Å². The zero-order valence-corrected chi connectivity index (χ0v) is 21.3. The van der Waals surface area contributed by atoms with E-state index in [4.69, 9.17) is 17.3 Å². The minimum Gasteiger partial charge on any atom is -0.480 e. The molecule has 1 aliphatic carbocycles. The number of aliphatic carboxylic acids is 1. The first kappa shape index (κ1) is 27.2. The van der Waals surface area contributed by atoms with Crippen molar-refractivity contribution >= 4 is 41.2 Å². The minimum absolute atomic E-state index is 0.0959. The third-order valence-corrected chi connectivity index (χ3v) is 7.03. The lowest BCUT2D eigenvalue weighted by Gasteiger charge is -2.25. The summed E-state index contributed by atoms with van der Waals surface area (Å²) < 4.78 is 26.5. The number of pyridine rings is 1. The van der Waals surface area contributed by atoms with E-state index in [1.54, 1.807) is 10.9 Å².